The highest BCUT2D eigenvalue weighted by Gasteiger charge is 2.37. The predicted molar refractivity (Wildman–Crippen MR) is 71.0 cm³/mol. The van der Waals surface area contributed by atoms with Crippen molar-refractivity contribution in [3.05, 3.63) is 0 Å². The first-order valence-electron chi connectivity index (χ1n) is 6.56. The molecule has 2 fully saturated rings. The van der Waals surface area contributed by atoms with Gasteiger partial charge < -0.3 is 5.11 Å². The molecule has 2 aliphatic rings. The quantitative estimate of drug-likeness (QED) is 0.808. The van der Waals surface area contributed by atoms with Crippen molar-refractivity contribution in [1.82, 2.24) is 4.90 Å². The van der Waals surface area contributed by atoms with Crippen molar-refractivity contribution in [2.75, 3.05) is 25.0 Å². The van der Waals surface area contributed by atoms with Gasteiger partial charge in [0.25, 0.3) is 0 Å². The van der Waals surface area contributed by atoms with Gasteiger partial charge in [0.05, 0.1) is 5.60 Å². The first kappa shape index (κ1) is 12.8. The number of alkyl halides is 1. The van der Waals surface area contributed by atoms with E-state index in [2.05, 4.69) is 20.8 Å². The van der Waals surface area contributed by atoms with E-state index in [9.17, 15) is 5.11 Å². The lowest BCUT2D eigenvalue weighted by atomic mass is 9.86. The average molecular weight is 290 g/mol. The van der Waals surface area contributed by atoms with Crippen LogP contribution in [0.2, 0.25) is 0 Å². The van der Waals surface area contributed by atoms with Crippen LogP contribution < -0.4 is 0 Å². The maximum atomic E-state index is 10.1. The summed E-state index contributed by atoms with van der Waals surface area (Å²) < 4.78 is 0. The molecule has 94 valence electrons. The Kier molecular flexibility index (Phi) is 3.97. The van der Waals surface area contributed by atoms with Gasteiger partial charge in [0.1, 0.15) is 0 Å². The van der Waals surface area contributed by atoms with E-state index < -0.39 is 5.60 Å². The Morgan fingerprint density at radius 2 is 1.88 bits per heavy atom. The summed E-state index contributed by atoms with van der Waals surface area (Å²) in [7, 11) is 0. The van der Waals surface area contributed by atoms with Crippen LogP contribution in [0.3, 0.4) is 0 Å². The van der Waals surface area contributed by atoms with Crippen molar-refractivity contribution in [1.29, 1.82) is 0 Å². The maximum absolute atomic E-state index is 10.1. The van der Waals surface area contributed by atoms with E-state index in [1.165, 1.54) is 38.8 Å². The summed E-state index contributed by atoms with van der Waals surface area (Å²) in [6.07, 6.45) is 7.59. The fraction of sp³-hybridized carbons (Fsp3) is 1.00. The second-order valence-electron chi connectivity index (χ2n) is 6.15. The molecule has 1 aliphatic heterocycles. The minimum Gasteiger partial charge on any atom is -0.389 e. The van der Waals surface area contributed by atoms with Gasteiger partial charge in [0.2, 0.25) is 0 Å². The van der Waals surface area contributed by atoms with Crippen LogP contribution in [0.1, 0.15) is 45.4 Å². The van der Waals surface area contributed by atoms with Gasteiger partial charge in [-0.25, -0.2) is 0 Å². The van der Waals surface area contributed by atoms with Crippen molar-refractivity contribution >= 4 is 15.9 Å². The molecule has 0 aromatic heterocycles. The molecule has 2 nitrogen and oxygen atoms in total. The molecular formula is C13H24BrNO. The molecule has 0 amide bonds. The molecular weight excluding hydrogens is 266 g/mol. The fourth-order valence-corrected chi connectivity index (χ4v) is 4.13. The standard InChI is InChI=1S/C13H24BrNO/c1-12(16)5-4-8-15(10-12)11-13(9-14)6-2-3-7-13/h16H,2-11H2,1H3. The lowest BCUT2D eigenvalue weighted by Crippen LogP contribution is -2.49. The number of likely N-dealkylation sites (tertiary alicyclic amines) is 1. The zero-order valence-corrected chi connectivity index (χ0v) is 11.9. The number of nitrogens with zero attached hydrogens (tertiary/aromatic N) is 1. The summed E-state index contributed by atoms with van der Waals surface area (Å²) in [5.74, 6) is 0. The van der Waals surface area contributed by atoms with Gasteiger partial charge in [-0.3, -0.25) is 4.90 Å². The van der Waals surface area contributed by atoms with Crippen LogP contribution in [-0.2, 0) is 0 Å². The van der Waals surface area contributed by atoms with Gasteiger partial charge in [-0.05, 0) is 44.6 Å². The number of piperidine rings is 1. The molecule has 1 saturated carbocycles. The second-order valence-corrected chi connectivity index (χ2v) is 6.71. The van der Waals surface area contributed by atoms with Gasteiger partial charge in [0.15, 0.2) is 0 Å². The highest BCUT2D eigenvalue weighted by Crippen LogP contribution is 2.41. The van der Waals surface area contributed by atoms with E-state index in [0.717, 1.165) is 24.7 Å². The van der Waals surface area contributed by atoms with E-state index in [0.29, 0.717) is 5.41 Å². The van der Waals surface area contributed by atoms with E-state index in [1.54, 1.807) is 0 Å². The molecule has 1 N–H and O–H groups in total. The maximum Gasteiger partial charge on any atom is 0.0746 e. The molecule has 1 unspecified atom stereocenters. The zero-order chi connectivity index (χ0) is 11.6. The number of hydrogen-bond donors (Lipinski definition) is 1. The third-order valence-electron chi connectivity index (χ3n) is 4.26. The largest absolute Gasteiger partial charge is 0.389 e. The van der Waals surface area contributed by atoms with Crippen molar-refractivity contribution in [3.8, 4) is 0 Å². The number of halogens is 1. The van der Waals surface area contributed by atoms with Crippen molar-refractivity contribution in [2.45, 2.75) is 51.0 Å². The Balaban J connectivity index is 1.93. The molecule has 1 aliphatic carbocycles. The summed E-state index contributed by atoms with van der Waals surface area (Å²) in [6.45, 7) is 5.19. The minimum atomic E-state index is -0.454. The van der Waals surface area contributed by atoms with E-state index in [4.69, 9.17) is 0 Å². The van der Waals surface area contributed by atoms with Gasteiger partial charge in [0, 0.05) is 18.4 Å². The summed E-state index contributed by atoms with van der Waals surface area (Å²) in [5, 5.41) is 11.2. The Bertz CT molecular complexity index is 236. The molecule has 0 bridgehead atoms. The second kappa shape index (κ2) is 4.95. The van der Waals surface area contributed by atoms with Gasteiger partial charge in [-0.2, -0.15) is 0 Å². The number of rotatable bonds is 3. The molecule has 1 atom stereocenters. The Hall–Kier alpha value is 0.400. The van der Waals surface area contributed by atoms with Crippen LogP contribution in [0.25, 0.3) is 0 Å². The van der Waals surface area contributed by atoms with Crippen LogP contribution >= 0.6 is 15.9 Å². The summed E-state index contributed by atoms with van der Waals surface area (Å²) in [4.78, 5) is 2.48. The third-order valence-corrected chi connectivity index (χ3v) is 5.45. The third kappa shape index (κ3) is 2.99. The lowest BCUT2D eigenvalue weighted by Gasteiger charge is -2.41. The predicted octanol–water partition coefficient (Wildman–Crippen LogP) is 2.79. The SMILES string of the molecule is CC1(O)CCCN(CC2(CBr)CCCC2)C1. The van der Waals surface area contributed by atoms with Crippen molar-refractivity contribution < 1.29 is 5.11 Å². The lowest BCUT2D eigenvalue weighted by molar-refractivity contribution is -0.0259. The number of β-amino-alcohol motifs (C(OH)–C–C–N with tert-alkyl or cyclic N) is 1. The monoisotopic (exact) mass is 289 g/mol. The van der Waals surface area contributed by atoms with Gasteiger partial charge >= 0.3 is 0 Å². The molecule has 0 radical (unpaired) electrons. The van der Waals surface area contributed by atoms with Crippen LogP contribution in [0.5, 0.6) is 0 Å². The molecule has 3 heteroatoms. The molecule has 0 aromatic carbocycles. The van der Waals surface area contributed by atoms with Crippen LogP contribution in [0.15, 0.2) is 0 Å². The first-order valence-corrected chi connectivity index (χ1v) is 7.68. The topological polar surface area (TPSA) is 23.5 Å². The Morgan fingerprint density at radius 1 is 1.19 bits per heavy atom. The van der Waals surface area contributed by atoms with E-state index in [1.807, 2.05) is 6.92 Å². The summed E-state index contributed by atoms with van der Waals surface area (Å²) in [5.41, 5.74) is 0.0395. The minimum absolute atomic E-state index is 0.454. The van der Waals surface area contributed by atoms with E-state index in [-0.39, 0.29) is 0 Å². The Labute approximate surface area is 108 Å². The fourth-order valence-electron chi connectivity index (χ4n) is 3.39. The van der Waals surface area contributed by atoms with Crippen LogP contribution in [0, 0.1) is 5.41 Å². The molecule has 1 saturated heterocycles. The molecule has 1 heterocycles. The van der Waals surface area contributed by atoms with Crippen molar-refractivity contribution in [3.63, 3.8) is 0 Å². The summed E-state index contributed by atoms with van der Waals surface area (Å²) in [6, 6.07) is 0. The van der Waals surface area contributed by atoms with Gasteiger partial charge in [-0.15, -0.1) is 0 Å². The van der Waals surface area contributed by atoms with Crippen LogP contribution in [0.4, 0.5) is 0 Å². The number of aliphatic hydroxyl groups is 1. The molecule has 0 spiro atoms. The zero-order valence-electron chi connectivity index (χ0n) is 10.3. The Morgan fingerprint density at radius 3 is 2.44 bits per heavy atom. The van der Waals surface area contributed by atoms with E-state index >= 15 is 0 Å². The highest BCUT2D eigenvalue weighted by atomic mass is 79.9. The van der Waals surface area contributed by atoms with Crippen LogP contribution in [-0.4, -0.2) is 40.6 Å². The average Bonchev–Trinajstić information content (AvgIpc) is 2.65. The molecule has 0 aromatic rings. The molecule has 2 rings (SSSR count). The molecule has 16 heavy (non-hydrogen) atoms. The first-order chi connectivity index (χ1) is 7.55. The van der Waals surface area contributed by atoms with Crippen molar-refractivity contribution in [2.24, 2.45) is 5.41 Å². The van der Waals surface area contributed by atoms with Gasteiger partial charge in [-0.1, -0.05) is 28.8 Å². The normalized spacial score (nSPS) is 35.4. The highest BCUT2D eigenvalue weighted by molar-refractivity contribution is 9.09. The smallest absolute Gasteiger partial charge is 0.0746 e. The summed E-state index contributed by atoms with van der Waals surface area (Å²) >= 11 is 3.70. The number of hydrogen-bond acceptors (Lipinski definition) is 2.